The number of carbonyl (C=O) groups excluding carboxylic acids is 2. The molecule has 6 nitrogen and oxygen atoms in total. The molecular weight excluding hydrogens is 529 g/mol. The number of rotatable bonds is 7. The summed E-state index contributed by atoms with van der Waals surface area (Å²) in [6.07, 6.45) is 0. The van der Waals surface area contributed by atoms with Gasteiger partial charge in [0, 0.05) is 12.6 Å². The number of nitrogens with two attached hydrogens (primary N) is 1. The van der Waals surface area contributed by atoms with Gasteiger partial charge in [-0.05, 0) is 77.7 Å². The molecule has 0 aromatic heterocycles. The molecule has 1 aliphatic heterocycles. The Bertz CT molecular complexity index is 1580. The van der Waals surface area contributed by atoms with Crippen molar-refractivity contribution in [1.29, 1.82) is 0 Å². The molecule has 1 heterocycles. The van der Waals surface area contributed by atoms with Crippen molar-refractivity contribution in [2.24, 2.45) is 10.7 Å². The zero-order chi connectivity index (χ0) is 29.3. The third-order valence-corrected chi connectivity index (χ3v) is 7.41. The molecule has 0 unspecified atom stereocenters. The zero-order valence-electron chi connectivity index (χ0n) is 22.4. The molecule has 1 aliphatic rings. The van der Waals surface area contributed by atoms with E-state index in [9.17, 15) is 22.8 Å². The van der Waals surface area contributed by atoms with Crippen LogP contribution < -0.4 is 5.73 Å². The molecule has 2 amide bonds. The highest BCUT2D eigenvalue weighted by Gasteiger charge is 2.50. The van der Waals surface area contributed by atoms with Crippen LogP contribution in [0.5, 0.6) is 0 Å². The van der Waals surface area contributed by atoms with Gasteiger partial charge >= 0.3 is 0 Å². The molecule has 0 saturated carbocycles. The Balaban J connectivity index is 1.43. The number of nitrogens with zero attached hydrogens (tertiary/aromatic N) is 3. The predicted octanol–water partition coefficient (Wildman–Crippen LogP) is 5.54. The molecule has 4 aromatic rings. The minimum Gasteiger partial charge on any atom is -0.369 e. The molecule has 0 bridgehead atoms. The number of carbonyl (C=O) groups is 2. The van der Waals surface area contributed by atoms with Crippen LogP contribution >= 0.6 is 0 Å². The number of aliphatic imine (C=N–C) groups is 1. The van der Waals surface area contributed by atoms with Crippen LogP contribution in [0.3, 0.4) is 0 Å². The number of benzene rings is 4. The summed E-state index contributed by atoms with van der Waals surface area (Å²) in [6, 6.07) is 23.2. The summed E-state index contributed by atoms with van der Waals surface area (Å²) in [5.74, 6) is -2.14. The van der Waals surface area contributed by atoms with Crippen molar-refractivity contribution in [2.75, 3.05) is 7.05 Å². The fraction of sp³-hybridized carbons (Fsp3) is 0.156. The van der Waals surface area contributed by atoms with Crippen molar-refractivity contribution in [1.82, 2.24) is 9.80 Å². The molecule has 208 valence electrons. The summed E-state index contributed by atoms with van der Waals surface area (Å²) >= 11 is 0. The summed E-state index contributed by atoms with van der Waals surface area (Å²) in [5, 5.41) is 0. The third-order valence-electron chi connectivity index (χ3n) is 7.41. The summed E-state index contributed by atoms with van der Waals surface area (Å²) in [4.78, 5) is 34.8. The molecule has 5 rings (SSSR count). The van der Waals surface area contributed by atoms with Gasteiger partial charge in [0.15, 0.2) is 11.5 Å². The second-order valence-corrected chi connectivity index (χ2v) is 9.93. The van der Waals surface area contributed by atoms with Crippen LogP contribution in [0.4, 0.5) is 13.2 Å². The summed E-state index contributed by atoms with van der Waals surface area (Å²) in [6.45, 7) is 1.86. The van der Waals surface area contributed by atoms with Crippen molar-refractivity contribution >= 4 is 17.8 Å². The van der Waals surface area contributed by atoms with Gasteiger partial charge < -0.3 is 10.6 Å². The Morgan fingerprint density at radius 2 is 1.39 bits per heavy atom. The number of hydrogen-bond acceptors (Lipinski definition) is 4. The molecular formula is C32H27F3N4O2. The molecule has 9 heteroatoms. The molecule has 0 aliphatic carbocycles. The Kier molecular flexibility index (Phi) is 7.36. The van der Waals surface area contributed by atoms with Gasteiger partial charge in [-0.3, -0.25) is 14.5 Å². The quantitative estimate of drug-likeness (QED) is 0.325. The lowest BCUT2D eigenvalue weighted by molar-refractivity contribution is -0.130. The van der Waals surface area contributed by atoms with Crippen LogP contribution in [0.2, 0.25) is 0 Å². The van der Waals surface area contributed by atoms with E-state index in [-0.39, 0.29) is 30.3 Å². The maximum atomic E-state index is 14.1. The van der Waals surface area contributed by atoms with Crippen molar-refractivity contribution in [3.8, 4) is 0 Å². The molecule has 2 N–H and O–H groups in total. The molecule has 0 spiro atoms. The normalized spacial score (nSPS) is 15.0. The Morgan fingerprint density at radius 1 is 0.878 bits per heavy atom. The van der Waals surface area contributed by atoms with Gasteiger partial charge in [-0.25, -0.2) is 18.2 Å². The standard InChI is InChI=1S/C32H27F3N4O2/c1-20(22-6-12-26(33)13-7-22)38(2)29(40)23-5-3-4-21(18-23)19-39-30(41)32(37-31(39)36,24-8-14-27(34)15-9-24)25-10-16-28(35)17-11-25/h3-18,20H,19H2,1-2H3,(H2,36,37)/t20-/m1/s1. The summed E-state index contributed by atoms with van der Waals surface area (Å²) < 4.78 is 40.9. The first-order valence-electron chi connectivity index (χ1n) is 12.9. The molecule has 0 radical (unpaired) electrons. The number of amides is 2. The topological polar surface area (TPSA) is 79.0 Å². The van der Waals surface area contributed by atoms with Crippen LogP contribution in [0, 0.1) is 17.5 Å². The van der Waals surface area contributed by atoms with E-state index in [1.165, 1.54) is 65.6 Å². The molecule has 1 atom stereocenters. The highest BCUT2D eigenvalue weighted by atomic mass is 19.1. The first kappa shape index (κ1) is 27.6. The fourth-order valence-electron chi connectivity index (χ4n) is 4.99. The van der Waals surface area contributed by atoms with Gasteiger partial charge in [-0.1, -0.05) is 48.5 Å². The molecule has 41 heavy (non-hydrogen) atoms. The van der Waals surface area contributed by atoms with Crippen LogP contribution in [-0.4, -0.2) is 34.6 Å². The van der Waals surface area contributed by atoms with E-state index in [2.05, 4.69) is 4.99 Å². The maximum Gasteiger partial charge on any atom is 0.266 e. The monoisotopic (exact) mass is 556 g/mol. The van der Waals surface area contributed by atoms with E-state index < -0.39 is 23.1 Å². The van der Waals surface area contributed by atoms with Crippen molar-refractivity contribution in [2.45, 2.75) is 25.0 Å². The second-order valence-electron chi connectivity index (χ2n) is 9.93. The number of guanidine groups is 1. The van der Waals surface area contributed by atoms with Crippen LogP contribution in [0.25, 0.3) is 0 Å². The van der Waals surface area contributed by atoms with Crippen LogP contribution in [0.1, 0.15) is 45.6 Å². The zero-order valence-corrected chi connectivity index (χ0v) is 22.4. The Labute approximate surface area is 235 Å². The van der Waals surface area contributed by atoms with E-state index >= 15 is 0 Å². The van der Waals surface area contributed by atoms with E-state index in [0.29, 0.717) is 22.3 Å². The number of halogens is 3. The highest BCUT2D eigenvalue weighted by molar-refractivity contribution is 6.09. The van der Waals surface area contributed by atoms with Gasteiger partial charge in [0.05, 0.1) is 12.6 Å². The third kappa shape index (κ3) is 5.18. The molecule has 4 aromatic carbocycles. The SMILES string of the molecule is C[C@H](c1ccc(F)cc1)N(C)C(=O)c1cccc(CN2C(=O)C(c3ccc(F)cc3)(c3ccc(F)cc3)N=C2N)c1. The van der Waals surface area contributed by atoms with Crippen LogP contribution in [0.15, 0.2) is 102 Å². The van der Waals surface area contributed by atoms with Crippen molar-refractivity contribution in [3.63, 3.8) is 0 Å². The molecule has 0 saturated heterocycles. The minimum absolute atomic E-state index is 0.0106. The van der Waals surface area contributed by atoms with Gasteiger partial charge in [-0.2, -0.15) is 0 Å². The Morgan fingerprint density at radius 3 is 1.93 bits per heavy atom. The van der Waals surface area contributed by atoms with Crippen molar-refractivity contribution in [3.05, 3.63) is 142 Å². The lowest BCUT2D eigenvalue weighted by Gasteiger charge is -2.27. The smallest absolute Gasteiger partial charge is 0.266 e. The van der Waals surface area contributed by atoms with E-state index in [1.807, 2.05) is 6.92 Å². The average Bonchev–Trinajstić information content (AvgIpc) is 3.23. The maximum absolute atomic E-state index is 14.1. The van der Waals surface area contributed by atoms with Gasteiger partial charge in [0.1, 0.15) is 17.5 Å². The number of hydrogen-bond donors (Lipinski definition) is 1. The van der Waals surface area contributed by atoms with E-state index in [1.54, 1.807) is 48.3 Å². The summed E-state index contributed by atoms with van der Waals surface area (Å²) in [7, 11) is 1.66. The predicted molar refractivity (Wildman–Crippen MR) is 149 cm³/mol. The van der Waals surface area contributed by atoms with Crippen LogP contribution in [-0.2, 0) is 16.9 Å². The largest absolute Gasteiger partial charge is 0.369 e. The van der Waals surface area contributed by atoms with E-state index in [4.69, 9.17) is 5.73 Å². The fourth-order valence-corrected chi connectivity index (χ4v) is 4.99. The highest BCUT2D eigenvalue weighted by Crippen LogP contribution is 2.40. The Hall–Kier alpha value is -4.92. The lowest BCUT2D eigenvalue weighted by atomic mass is 9.82. The second kappa shape index (κ2) is 10.9. The minimum atomic E-state index is -1.64. The van der Waals surface area contributed by atoms with Gasteiger partial charge in [-0.15, -0.1) is 0 Å². The van der Waals surface area contributed by atoms with Crippen molar-refractivity contribution < 1.29 is 22.8 Å². The lowest BCUT2D eigenvalue weighted by Crippen LogP contribution is -2.43. The van der Waals surface area contributed by atoms with Gasteiger partial charge in [0.2, 0.25) is 0 Å². The first-order valence-corrected chi connectivity index (χ1v) is 12.9. The first-order chi connectivity index (χ1) is 19.6. The summed E-state index contributed by atoms with van der Waals surface area (Å²) in [5.41, 5.74) is 7.21. The average molecular weight is 557 g/mol. The van der Waals surface area contributed by atoms with E-state index in [0.717, 1.165) is 5.56 Å². The van der Waals surface area contributed by atoms with Gasteiger partial charge in [0.25, 0.3) is 11.8 Å². The molecule has 0 fully saturated rings.